The van der Waals surface area contributed by atoms with E-state index in [0.29, 0.717) is 18.7 Å². The highest BCUT2D eigenvalue weighted by molar-refractivity contribution is 5.84. The molecule has 7 nitrogen and oxygen atoms in total. The zero-order valence-corrected chi connectivity index (χ0v) is 16.3. The number of aliphatic hydroxyl groups is 1. The predicted molar refractivity (Wildman–Crippen MR) is 103 cm³/mol. The molecule has 4 atom stereocenters. The zero-order chi connectivity index (χ0) is 19.8. The molecule has 2 fully saturated rings. The van der Waals surface area contributed by atoms with E-state index in [1.165, 1.54) is 12.5 Å². The van der Waals surface area contributed by atoms with Crippen LogP contribution in [-0.2, 0) is 16.1 Å². The van der Waals surface area contributed by atoms with E-state index < -0.39 is 12.0 Å². The van der Waals surface area contributed by atoms with Crippen molar-refractivity contribution in [2.24, 2.45) is 11.8 Å². The van der Waals surface area contributed by atoms with Crippen LogP contribution < -0.4 is 10.9 Å². The van der Waals surface area contributed by atoms with Crippen LogP contribution in [0.4, 0.5) is 0 Å². The quantitative estimate of drug-likeness (QED) is 0.812. The van der Waals surface area contributed by atoms with Gasteiger partial charge in [-0.1, -0.05) is 32.3 Å². The number of rotatable bonds is 4. The van der Waals surface area contributed by atoms with Crippen molar-refractivity contribution in [1.82, 2.24) is 14.8 Å². The Morgan fingerprint density at radius 3 is 2.64 bits per heavy atom. The largest absolute Gasteiger partial charge is 0.396 e. The van der Waals surface area contributed by atoms with Gasteiger partial charge >= 0.3 is 0 Å². The van der Waals surface area contributed by atoms with E-state index in [1.54, 1.807) is 22.5 Å². The summed E-state index contributed by atoms with van der Waals surface area (Å²) in [4.78, 5) is 40.3. The lowest BCUT2D eigenvalue weighted by Crippen LogP contribution is -2.49. The molecule has 3 heterocycles. The molecule has 0 unspecified atom stereocenters. The number of nitrogens with one attached hydrogen (secondary N) is 1. The molecule has 2 N–H and O–H groups in total. The van der Waals surface area contributed by atoms with E-state index in [1.807, 2.05) is 6.07 Å². The smallest absolute Gasteiger partial charge is 0.250 e. The first-order valence-corrected chi connectivity index (χ1v) is 10.5. The van der Waals surface area contributed by atoms with E-state index in [9.17, 15) is 19.5 Å². The maximum atomic E-state index is 13.3. The van der Waals surface area contributed by atoms with Crippen molar-refractivity contribution in [1.29, 1.82) is 0 Å². The number of pyridine rings is 1. The minimum atomic E-state index is -0.539. The molecule has 28 heavy (non-hydrogen) atoms. The lowest BCUT2D eigenvalue weighted by molar-refractivity contribution is -0.136. The summed E-state index contributed by atoms with van der Waals surface area (Å²) in [6, 6.07) is 4.35. The van der Waals surface area contributed by atoms with E-state index in [4.69, 9.17) is 0 Å². The van der Waals surface area contributed by atoms with Crippen molar-refractivity contribution in [3.8, 4) is 0 Å². The number of aromatic nitrogens is 1. The van der Waals surface area contributed by atoms with Gasteiger partial charge in [-0.2, -0.15) is 0 Å². The molecule has 3 aliphatic rings. The average molecular weight is 387 g/mol. The lowest BCUT2D eigenvalue weighted by Gasteiger charge is -2.38. The normalized spacial score (nSPS) is 29.4. The molecule has 7 heteroatoms. The Kier molecular flexibility index (Phi) is 5.27. The van der Waals surface area contributed by atoms with Crippen LogP contribution in [0.1, 0.15) is 57.2 Å². The number of aliphatic hydroxyl groups excluding tert-OH is 1. The lowest BCUT2D eigenvalue weighted by atomic mass is 9.85. The summed E-state index contributed by atoms with van der Waals surface area (Å²) >= 11 is 0. The molecule has 1 aromatic heterocycles. The van der Waals surface area contributed by atoms with E-state index >= 15 is 0 Å². The number of amides is 2. The second-order valence-electron chi connectivity index (χ2n) is 8.28. The van der Waals surface area contributed by atoms with Gasteiger partial charge in [-0.05, 0) is 18.9 Å². The Labute approximate surface area is 164 Å². The number of carbonyl (C=O) groups is 2. The molecule has 1 saturated carbocycles. The fourth-order valence-electron chi connectivity index (χ4n) is 5.43. The Balaban J connectivity index is 1.73. The summed E-state index contributed by atoms with van der Waals surface area (Å²) in [5, 5.41) is 13.3. The highest BCUT2D eigenvalue weighted by atomic mass is 16.3. The Morgan fingerprint density at radius 1 is 1.21 bits per heavy atom. The van der Waals surface area contributed by atoms with Crippen LogP contribution in [0.5, 0.6) is 0 Å². The van der Waals surface area contributed by atoms with Crippen molar-refractivity contribution in [2.75, 3.05) is 6.61 Å². The highest BCUT2D eigenvalue weighted by Crippen LogP contribution is 2.48. The van der Waals surface area contributed by atoms with Gasteiger partial charge in [-0.25, -0.2) is 0 Å². The van der Waals surface area contributed by atoms with Gasteiger partial charge in [-0.3, -0.25) is 14.4 Å². The first kappa shape index (κ1) is 19.2. The van der Waals surface area contributed by atoms with Crippen LogP contribution in [0.2, 0.25) is 0 Å². The van der Waals surface area contributed by atoms with Gasteiger partial charge in [0.25, 0.3) is 5.56 Å². The molecule has 2 bridgehead atoms. The van der Waals surface area contributed by atoms with Gasteiger partial charge in [0.1, 0.15) is 0 Å². The first-order chi connectivity index (χ1) is 13.6. The van der Waals surface area contributed by atoms with Crippen LogP contribution in [0, 0.1) is 11.8 Å². The minimum absolute atomic E-state index is 0.0380. The summed E-state index contributed by atoms with van der Waals surface area (Å²) in [5.74, 6) is -1.05. The summed E-state index contributed by atoms with van der Waals surface area (Å²) in [7, 11) is 0. The van der Waals surface area contributed by atoms with Crippen LogP contribution in [0.15, 0.2) is 23.0 Å². The van der Waals surface area contributed by atoms with Gasteiger partial charge in [0.05, 0.1) is 18.0 Å². The maximum Gasteiger partial charge on any atom is 0.250 e. The van der Waals surface area contributed by atoms with Crippen molar-refractivity contribution >= 4 is 11.8 Å². The maximum absolute atomic E-state index is 13.3. The fourth-order valence-corrected chi connectivity index (χ4v) is 5.43. The average Bonchev–Trinajstić information content (AvgIpc) is 2.95. The molecule has 0 aromatic carbocycles. The van der Waals surface area contributed by atoms with Gasteiger partial charge in [0.15, 0.2) is 0 Å². The molecule has 152 valence electrons. The zero-order valence-electron chi connectivity index (χ0n) is 16.3. The molecule has 4 rings (SSSR count). The second-order valence-corrected chi connectivity index (χ2v) is 8.28. The van der Waals surface area contributed by atoms with Gasteiger partial charge in [0.2, 0.25) is 11.8 Å². The number of nitrogens with zero attached hydrogens (tertiary/aromatic N) is 2. The van der Waals surface area contributed by atoms with Crippen LogP contribution in [-0.4, -0.2) is 45.1 Å². The molecule has 0 radical (unpaired) electrons. The summed E-state index contributed by atoms with van der Waals surface area (Å²) in [6.45, 7) is 1.95. The summed E-state index contributed by atoms with van der Waals surface area (Å²) in [5.41, 5.74) is 0.575. The van der Waals surface area contributed by atoms with Crippen LogP contribution >= 0.6 is 0 Å². The second kappa shape index (κ2) is 7.70. The van der Waals surface area contributed by atoms with E-state index in [0.717, 1.165) is 25.7 Å². The van der Waals surface area contributed by atoms with Gasteiger partial charge in [0, 0.05) is 43.3 Å². The summed E-state index contributed by atoms with van der Waals surface area (Å²) < 4.78 is 1.67. The highest BCUT2D eigenvalue weighted by Gasteiger charge is 2.57. The van der Waals surface area contributed by atoms with E-state index in [2.05, 4.69) is 5.32 Å². The van der Waals surface area contributed by atoms with Crippen LogP contribution in [0.3, 0.4) is 0 Å². The first-order valence-electron chi connectivity index (χ1n) is 10.5. The number of hydrogen-bond donors (Lipinski definition) is 2. The van der Waals surface area contributed by atoms with E-state index in [-0.39, 0.29) is 42.0 Å². The topological polar surface area (TPSA) is 91.6 Å². The van der Waals surface area contributed by atoms with Crippen molar-refractivity contribution < 1.29 is 14.7 Å². The predicted octanol–water partition coefficient (Wildman–Crippen LogP) is 1.20. The third-order valence-electron chi connectivity index (χ3n) is 6.76. The molecular formula is C21H29N3O4. The molecule has 2 amide bonds. The van der Waals surface area contributed by atoms with Gasteiger partial charge in [-0.15, -0.1) is 0 Å². The molecule has 1 saturated heterocycles. The summed E-state index contributed by atoms with van der Waals surface area (Å²) in [6.07, 6.45) is 5.72. The number of hydrogen-bond acceptors (Lipinski definition) is 4. The van der Waals surface area contributed by atoms with Crippen molar-refractivity contribution in [2.45, 2.75) is 70.1 Å². The van der Waals surface area contributed by atoms with Gasteiger partial charge < -0.3 is 19.9 Å². The van der Waals surface area contributed by atoms with Crippen molar-refractivity contribution in [3.05, 3.63) is 34.2 Å². The minimum Gasteiger partial charge on any atom is -0.396 e. The SMILES string of the molecule is CCC(=O)N1[C@@H]2Cn3c(cccc3=O)[C@H]1[C@@H](C(=O)NC1CCCCC1)[C@@H]2CO. The molecule has 1 aliphatic carbocycles. The van der Waals surface area contributed by atoms with Crippen LogP contribution in [0.25, 0.3) is 0 Å². The molecule has 0 spiro atoms. The Morgan fingerprint density at radius 2 is 1.96 bits per heavy atom. The standard InChI is InChI=1S/C21H29N3O4/c1-2-17(26)24-16-11-23-15(9-6-10-18(23)27)20(24)19(14(16)12-25)21(28)22-13-7-4-3-5-8-13/h6,9-10,13-14,16,19-20,25H,2-5,7-8,11-12H2,1H3,(H,22,28)/t14-,16-,19+,20+/m1/s1. The molecular weight excluding hydrogens is 358 g/mol. The monoisotopic (exact) mass is 387 g/mol. The molecule has 2 aliphatic heterocycles. The Bertz CT molecular complexity index is 814. The third-order valence-corrected chi connectivity index (χ3v) is 6.76. The van der Waals surface area contributed by atoms with Crippen molar-refractivity contribution in [3.63, 3.8) is 0 Å². The number of fused-ring (bicyclic) bond motifs is 4. The Hall–Kier alpha value is -2.15. The number of carbonyl (C=O) groups excluding carboxylic acids is 2. The molecule has 1 aromatic rings. The fraction of sp³-hybridized carbons (Fsp3) is 0.667. The third kappa shape index (κ3) is 3.05.